The fraction of sp³-hybridized carbons (Fsp3) is 0.545. The summed E-state index contributed by atoms with van der Waals surface area (Å²) in [5.41, 5.74) is 2.02. The first-order valence-electron chi connectivity index (χ1n) is 10.1. The number of likely N-dealkylation sites (N-methyl/N-ethyl adjacent to an activating group) is 1. The quantitative estimate of drug-likeness (QED) is 0.590. The summed E-state index contributed by atoms with van der Waals surface area (Å²) in [6.07, 6.45) is 6.76. The number of hydrogen-bond acceptors (Lipinski definition) is 4. The van der Waals surface area contributed by atoms with E-state index in [4.69, 9.17) is 4.42 Å². The Morgan fingerprint density at radius 2 is 2.07 bits per heavy atom. The van der Waals surface area contributed by atoms with Crippen molar-refractivity contribution in [2.45, 2.75) is 44.7 Å². The first-order valence-corrected chi connectivity index (χ1v) is 10.1. The lowest BCUT2D eigenvalue weighted by Gasteiger charge is -2.45. The molecule has 1 aromatic carbocycles. The van der Waals surface area contributed by atoms with Crippen LogP contribution in [0.2, 0.25) is 0 Å². The van der Waals surface area contributed by atoms with Gasteiger partial charge in [0.15, 0.2) is 5.96 Å². The van der Waals surface area contributed by atoms with Crippen molar-refractivity contribution in [3.8, 4) is 11.5 Å². The Hall–Kier alpha value is -2.34. The maximum atomic E-state index is 5.61. The average Bonchev–Trinajstić information content (AvgIpc) is 3.18. The minimum atomic E-state index is 0.184. The van der Waals surface area contributed by atoms with Crippen molar-refractivity contribution in [1.29, 1.82) is 0 Å². The zero-order valence-electron chi connectivity index (χ0n) is 17.5. The summed E-state index contributed by atoms with van der Waals surface area (Å²) >= 11 is 0. The van der Waals surface area contributed by atoms with Crippen molar-refractivity contribution in [2.75, 3.05) is 27.7 Å². The maximum Gasteiger partial charge on any atom is 0.226 e. The van der Waals surface area contributed by atoms with Crippen molar-refractivity contribution in [2.24, 2.45) is 10.9 Å². The topological polar surface area (TPSA) is 65.7 Å². The molecule has 0 spiro atoms. The number of hydrogen-bond donors (Lipinski definition) is 2. The van der Waals surface area contributed by atoms with Crippen LogP contribution in [0.3, 0.4) is 0 Å². The lowest BCUT2D eigenvalue weighted by atomic mass is 9.75. The Balaban J connectivity index is 1.56. The summed E-state index contributed by atoms with van der Waals surface area (Å²) in [7, 11) is 6.19. The second-order valence-electron chi connectivity index (χ2n) is 8.11. The van der Waals surface area contributed by atoms with Gasteiger partial charge in [-0.05, 0) is 45.0 Å². The van der Waals surface area contributed by atoms with E-state index in [-0.39, 0.29) is 5.54 Å². The van der Waals surface area contributed by atoms with Crippen LogP contribution in [-0.4, -0.2) is 49.1 Å². The van der Waals surface area contributed by atoms with Crippen molar-refractivity contribution in [3.63, 3.8) is 0 Å². The Morgan fingerprint density at radius 3 is 2.75 bits per heavy atom. The molecule has 1 saturated carbocycles. The van der Waals surface area contributed by atoms with Gasteiger partial charge in [0.25, 0.3) is 0 Å². The van der Waals surface area contributed by atoms with Crippen LogP contribution in [0.4, 0.5) is 0 Å². The lowest BCUT2D eigenvalue weighted by molar-refractivity contribution is 0.0795. The third-order valence-corrected chi connectivity index (χ3v) is 5.83. The van der Waals surface area contributed by atoms with E-state index in [0.717, 1.165) is 29.7 Å². The molecule has 1 aromatic heterocycles. The van der Waals surface area contributed by atoms with Gasteiger partial charge in [0.1, 0.15) is 6.26 Å². The third-order valence-electron chi connectivity index (χ3n) is 5.83. The van der Waals surface area contributed by atoms with E-state index in [2.05, 4.69) is 46.5 Å². The molecular weight excluding hydrogens is 350 g/mol. The minimum absolute atomic E-state index is 0.184. The molecule has 28 heavy (non-hydrogen) atoms. The van der Waals surface area contributed by atoms with Gasteiger partial charge in [0.05, 0.1) is 12.2 Å². The summed E-state index contributed by atoms with van der Waals surface area (Å²) in [4.78, 5) is 11.3. The minimum Gasteiger partial charge on any atom is -0.444 e. The Kier molecular flexibility index (Phi) is 6.73. The average molecular weight is 384 g/mol. The number of guanidine groups is 1. The normalized spacial score (nSPS) is 23.0. The first-order chi connectivity index (χ1) is 13.5. The molecule has 0 bridgehead atoms. The number of nitrogens with zero attached hydrogens (tertiary/aromatic N) is 3. The number of benzene rings is 1. The second kappa shape index (κ2) is 9.24. The van der Waals surface area contributed by atoms with Gasteiger partial charge in [0.2, 0.25) is 5.89 Å². The predicted octanol–water partition coefficient (Wildman–Crippen LogP) is 3.52. The van der Waals surface area contributed by atoms with Gasteiger partial charge in [-0.2, -0.15) is 0 Å². The van der Waals surface area contributed by atoms with Crippen molar-refractivity contribution in [3.05, 3.63) is 42.3 Å². The molecule has 2 atom stereocenters. The molecule has 0 amide bonds. The van der Waals surface area contributed by atoms with Gasteiger partial charge >= 0.3 is 0 Å². The molecule has 1 fully saturated rings. The van der Waals surface area contributed by atoms with Crippen molar-refractivity contribution < 1.29 is 4.42 Å². The molecule has 2 unspecified atom stereocenters. The number of aliphatic imine (C=N–C) groups is 1. The van der Waals surface area contributed by atoms with Crippen LogP contribution < -0.4 is 10.6 Å². The van der Waals surface area contributed by atoms with E-state index in [1.54, 1.807) is 13.3 Å². The largest absolute Gasteiger partial charge is 0.444 e. The molecule has 2 N–H and O–H groups in total. The molecule has 0 saturated heterocycles. The van der Waals surface area contributed by atoms with E-state index in [9.17, 15) is 0 Å². The Labute approximate surface area is 168 Å². The molecule has 152 valence electrons. The monoisotopic (exact) mass is 383 g/mol. The SMILES string of the molecule is CN=C(NCc1coc(-c2ccccc2)n1)NCC1(N(C)C)CCCC(C)C1. The van der Waals surface area contributed by atoms with Crippen LogP contribution >= 0.6 is 0 Å². The molecule has 1 heterocycles. The van der Waals surface area contributed by atoms with Crippen LogP contribution in [-0.2, 0) is 6.54 Å². The summed E-state index contributed by atoms with van der Waals surface area (Å²) in [5, 5.41) is 6.88. The highest BCUT2D eigenvalue weighted by Gasteiger charge is 2.36. The highest BCUT2D eigenvalue weighted by Crippen LogP contribution is 2.35. The fourth-order valence-electron chi connectivity index (χ4n) is 4.10. The van der Waals surface area contributed by atoms with Gasteiger partial charge < -0.3 is 20.0 Å². The Morgan fingerprint density at radius 1 is 1.29 bits per heavy atom. The number of nitrogens with one attached hydrogen (secondary N) is 2. The highest BCUT2D eigenvalue weighted by atomic mass is 16.3. The van der Waals surface area contributed by atoms with Crippen LogP contribution in [0.5, 0.6) is 0 Å². The summed E-state index contributed by atoms with van der Waals surface area (Å²) in [6, 6.07) is 9.94. The van der Waals surface area contributed by atoms with E-state index >= 15 is 0 Å². The molecule has 1 aliphatic carbocycles. The molecule has 6 heteroatoms. The lowest BCUT2D eigenvalue weighted by Crippen LogP contribution is -2.56. The van der Waals surface area contributed by atoms with Gasteiger partial charge in [-0.25, -0.2) is 4.98 Å². The zero-order valence-corrected chi connectivity index (χ0v) is 17.5. The smallest absolute Gasteiger partial charge is 0.226 e. The van der Waals surface area contributed by atoms with Crippen LogP contribution in [0, 0.1) is 5.92 Å². The van der Waals surface area contributed by atoms with Crippen LogP contribution in [0.25, 0.3) is 11.5 Å². The molecule has 1 aliphatic rings. The maximum absolute atomic E-state index is 5.61. The van der Waals surface area contributed by atoms with Crippen LogP contribution in [0.1, 0.15) is 38.3 Å². The first kappa shape index (κ1) is 20.4. The predicted molar refractivity (Wildman–Crippen MR) is 114 cm³/mol. The van der Waals surface area contributed by atoms with Gasteiger partial charge in [0, 0.05) is 24.7 Å². The standard InChI is InChI=1S/C22H33N5O/c1-17-9-8-12-22(13-17,27(3)4)16-25-21(23-2)24-14-19-15-28-20(26-19)18-10-6-5-7-11-18/h5-7,10-11,15,17H,8-9,12-14,16H2,1-4H3,(H2,23,24,25). The van der Waals surface area contributed by atoms with Gasteiger partial charge in [-0.15, -0.1) is 0 Å². The molecule has 0 aliphatic heterocycles. The number of oxazole rings is 1. The van der Waals surface area contributed by atoms with E-state index in [1.807, 2.05) is 30.3 Å². The van der Waals surface area contributed by atoms with Crippen molar-refractivity contribution >= 4 is 5.96 Å². The second-order valence-corrected chi connectivity index (χ2v) is 8.11. The molecular formula is C22H33N5O. The van der Waals surface area contributed by atoms with Gasteiger partial charge in [-0.3, -0.25) is 4.99 Å². The van der Waals surface area contributed by atoms with E-state index in [0.29, 0.717) is 12.4 Å². The third kappa shape index (κ3) is 4.93. The molecule has 6 nitrogen and oxygen atoms in total. The molecule has 2 aromatic rings. The number of rotatable bonds is 6. The summed E-state index contributed by atoms with van der Waals surface area (Å²) < 4.78 is 5.61. The van der Waals surface area contributed by atoms with Crippen LogP contribution in [0.15, 0.2) is 46.0 Å². The highest BCUT2D eigenvalue weighted by molar-refractivity contribution is 5.79. The zero-order chi connectivity index (χ0) is 20.0. The number of aromatic nitrogens is 1. The van der Waals surface area contributed by atoms with Crippen molar-refractivity contribution in [1.82, 2.24) is 20.5 Å². The van der Waals surface area contributed by atoms with Gasteiger partial charge in [-0.1, -0.05) is 38.0 Å². The summed E-state index contributed by atoms with van der Waals surface area (Å²) in [6.45, 7) is 3.82. The van der Waals surface area contributed by atoms with E-state index < -0.39 is 0 Å². The molecule has 3 rings (SSSR count). The summed E-state index contributed by atoms with van der Waals surface area (Å²) in [5.74, 6) is 2.20. The molecule has 0 radical (unpaired) electrons. The Bertz CT molecular complexity index is 770. The van der Waals surface area contributed by atoms with E-state index in [1.165, 1.54) is 25.7 Å². The fourth-order valence-corrected chi connectivity index (χ4v) is 4.10.